The monoisotopic (exact) mass is 474 g/mol. The number of aromatic nitrogens is 2. The molecule has 4 nitrogen and oxygen atoms in total. The molecule has 0 radical (unpaired) electrons. The van der Waals surface area contributed by atoms with Gasteiger partial charge in [0.1, 0.15) is 20.0 Å². The van der Waals surface area contributed by atoms with Gasteiger partial charge in [-0.2, -0.15) is 0 Å². The maximum Gasteiger partial charge on any atom is 0.132 e. The summed E-state index contributed by atoms with van der Waals surface area (Å²) in [5.74, 6) is -0.325. The SMILES string of the molecule is Cc1cc(C(O)c2c(CCO)nc([Si](C)(C)C(C)(C)C)n2-c2ccc(F)cc2)ccc1Cl. The van der Waals surface area contributed by atoms with E-state index in [2.05, 4.69) is 33.9 Å². The third kappa shape index (κ3) is 4.55. The minimum absolute atomic E-state index is 0.0221. The fourth-order valence-electron chi connectivity index (χ4n) is 3.65. The van der Waals surface area contributed by atoms with Gasteiger partial charge in [-0.15, -0.1) is 0 Å². The summed E-state index contributed by atoms with van der Waals surface area (Å²) in [7, 11) is -2.18. The van der Waals surface area contributed by atoms with Gasteiger partial charge in [0.2, 0.25) is 0 Å². The molecule has 172 valence electrons. The first kappa shape index (κ1) is 24.6. The van der Waals surface area contributed by atoms with Crippen molar-refractivity contribution in [3.63, 3.8) is 0 Å². The molecule has 0 aliphatic heterocycles. The molecule has 1 heterocycles. The van der Waals surface area contributed by atoms with Gasteiger partial charge in [-0.25, -0.2) is 9.37 Å². The lowest BCUT2D eigenvalue weighted by Gasteiger charge is -2.36. The quantitative estimate of drug-likeness (QED) is 0.476. The van der Waals surface area contributed by atoms with Crippen LogP contribution >= 0.6 is 11.6 Å². The molecular formula is C25H32ClFN2O2Si. The van der Waals surface area contributed by atoms with Gasteiger partial charge in [0, 0.05) is 23.7 Å². The Morgan fingerprint density at radius 1 is 1.12 bits per heavy atom. The van der Waals surface area contributed by atoms with E-state index in [1.165, 1.54) is 12.1 Å². The van der Waals surface area contributed by atoms with Gasteiger partial charge < -0.3 is 14.8 Å². The van der Waals surface area contributed by atoms with Crippen LogP contribution in [0.25, 0.3) is 5.69 Å². The number of aliphatic hydroxyl groups is 2. The summed E-state index contributed by atoms with van der Waals surface area (Å²) in [4.78, 5) is 5.01. The highest BCUT2D eigenvalue weighted by molar-refractivity contribution is 6.91. The second kappa shape index (κ2) is 9.10. The zero-order chi connectivity index (χ0) is 23.8. The summed E-state index contributed by atoms with van der Waals surface area (Å²) in [6.45, 7) is 12.9. The third-order valence-electron chi connectivity index (χ3n) is 6.61. The second-order valence-electron chi connectivity index (χ2n) is 9.84. The number of halogens is 2. The van der Waals surface area contributed by atoms with Crippen molar-refractivity contribution in [2.75, 3.05) is 6.61 Å². The van der Waals surface area contributed by atoms with Crippen molar-refractivity contribution in [2.45, 2.75) is 58.4 Å². The summed E-state index contributed by atoms with van der Waals surface area (Å²) in [5, 5.41) is 21.9. The highest BCUT2D eigenvalue weighted by Gasteiger charge is 2.43. The van der Waals surface area contributed by atoms with E-state index >= 15 is 0 Å². The first-order valence-electron chi connectivity index (χ1n) is 10.8. The molecule has 1 atom stereocenters. The van der Waals surface area contributed by atoms with E-state index in [-0.39, 0.29) is 17.5 Å². The Kier molecular flexibility index (Phi) is 7.01. The highest BCUT2D eigenvalue weighted by Crippen LogP contribution is 2.38. The minimum Gasteiger partial charge on any atom is -0.396 e. The first-order chi connectivity index (χ1) is 14.9. The topological polar surface area (TPSA) is 58.3 Å². The standard InChI is InChI=1S/C25H32ClFN2O2Si/c1-16-15-17(7-12-20(16)26)23(31)22-21(13-14-30)28-24(32(5,6)25(2,3)4)29(22)19-10-8-18(27)9-11-19/h7-12,15,23,30-31H,13-14H2,1-6H3. The third-order valence-corrected chi connectivity index (χ3v) is 12.2. The minimum atomic E-state index is -2.18. The van der Waals surface area contributed by atoms with Gasteiger partial charge in [0.15, 0.2) is 0 Å². The zero-order valence-corrected chi connectivity index (χ0v) is 21.3. The molecule has 1 unspecified atom stereocenters. The fourth-order valence-corrected chi connectivity index (χ4v) is 5.66. The summed E-state index contributed by atoms with van der Waals surface area (Å²) in [6.07, 6.45) is -0.669. The average Bonchev–Trinajstić information content (AvgIpc) is 3.09. The molecule has 0 saturated heterocycles. The van der Waals surface area contributed by atoms with E-state index in [1.54, 1.807) is 24.3 Å². The molecule has 32 heavy (non-hydrogen) atoms. The van der Waals surface area contributed by atoms with Crippen molar-refractivity contribution < 1.29 is 14.6 Å². The number of aliphatic hydroxyl groups excluding tert-OH is 2. The molecule has 0 aliphatic carbocycles. The molecule has 0 saturated carbocycles. The summed E-state index contributed by atoms with van der Waals surface area (Å²) in [6, 6.07) is 11.7. The van der Waals surface area contributed by atoms with Crippen molar-refractivity contribution in [1.29, 1.82) is 0 Å². The summed E-state index contributed by atoms with van der Waals surface area (Å²) < 4.78 is 15.7. The maximum absolute atomic E-state index is 13.7. The van der Waals surface area contributed by atoms with Crippen molar-refractivity contribution in [3.8, 4) is 5.69 Å². The highest BCUT2D eigenvalue weighted by atomic mass is 35.5. The number of rotatable bonds is 6. The van der Waals surface area contributed by atoms with Crippen molar-refractivity contribution in [2.24, 2.45) is 0 Å². The van der Waals surface area contributed by atoms with E-state index in [4.69, 9.17) is 16.6 Å². The largest absolute Gasteiger partial charge is 0.396 e. The van der Waals surface area contributed by atoms with E-state index in [9.17, 15) is 14.6 Å². The number of hydrogen-bond donors (Lipinski definition) is 2. The van der Waals surface area contributed by atoms with E-state index in [0.717, 1.165) is 16.7 Å². The number of imidazole rings is 1. The molecule has 0 aliphatic rings. The van der Waals surface area contributed by atoms with Crippen molar-refractivity contribution in [3.05, 3.63) is 75.8 Å². The zero-order valence-electron chi connectivity index (χ0n) is 19.6. The Bertz CT molecular complexity index is 1100. The van der Waals surface area contributed by atoms with Crippen LogP contribution in [0.3, 0.4) is 0 Å². The Morgan fingerprint density at radius 3 is 2.28 bits per heavy atom. The molecule has 3 rings (SSSR count). The van der Waals surface area contributed by atoms with Crippen LogP contribution in [0.1, 0.15) is 49.4 Å². The molecule has 3 aromatic rings. The van der Waals surface area contributed by atoms with Gasteiger partial charge in [0.05, 0.1) is 16.8 Å². The lowest BCUT2D eigenvalue weighted by molar-refractivity contribution is 0.211. The van der Waals surface area contributed by atoms with Crippen LogP contribution in [0.4, 0.5) is 4.39 Å². The van der Waals surface area contributed by atoms with Gasteiger partial charge in [-0.1, -0.05) is 57.6 Å². The fraction of sp³-hybridized carbons (Fsp3) is 0.400. The van der Waals surface area contributed by atoms with Gasteiger partial charge in [-0.3, -0.25) is 0 Å². The van der Waals surface area contributed by atoms with Crippen molar-refractivity contribution in [1.82, 2.24) is 9.55 Å². The van der Waals surface area contributed by atoms with E-state index in [0.29, 0.717) is 28.4 Å². The van der Waals surface area contributed by atoms with Crippen LogP contribution < -0.4 is 5.45 Å². The molecule has 2 N–H and O–H groups in total. The number of hydrogen-bond acceptors (Lipinski definition) is 3. The molecule has 0 fully saturated rings. The Hall–Kier alpha value is -1.99. The molecule has 0 bridgehead atoms. The number of benzene rings is 2. The van der Waals surface area contributed by atoms with Gasteiger partial charge in [-0.05, 0) is 53.4 Å². The van der Waals surface area contributed by atoms with Crippen LogP contribution in [0.15, 0.2) is 42.5 Å². The Morgan fingerprint density at radius 2 is 1.75 bits per heavy atom. The predicted octanol–water partition coefficient (Wildman–Crippen LogP) is 5.31. The number of aryl methyl sites for hydroxylation is 1. The average molecular weight is 475 g/mol. The normalized spacial score (nSPS) is 13.4. The molecule has 1 aromatic heterocycles. The maximum atomic E-state index is 13.7. The molecule has 0 spiro atoms. The van der Waals surface area contributed by atoms with Crippen LogP contribution in [-0.2, 0) is 6.42 Å². The summed E-state index contributed by atoms with van der Waals surface area (Å²) in [5.41, 5.74) is 4.44. The molecular weight excluding hydrogens is 443 g/mol. The molecule has 0 amide bonds. The van der Waals surface area contributed by atoms with E-state index < -0.39 is 14.2 Å². The molecule has 7 heteroatoms. The van der Waals surface area contributed by atoms with Crippen LogP contribution in [0.5, 0.6) is 0 Å². The van der Waals surface area contributed by atoms with Crippen molar-refractivity contribution >= 4 is 25.1 Å². The first-order valence-corrected chi connectivity index (χ1v) is 14.2. The number of nitrogens with zero attached hydrogens (tertiary/aromatic N) is 2. The molecule has 2 aromatic carbocycles. The Balaban J connectivity index is 2.35. The van der Waals surface area contributed by atoms with Gasteiger partial charge >= 0.3 is 0 Å². The van der Waals surface area contributed by atoms with Crippen LogP contribution in [0.2, 0.25) is 23.2 Å². The Labute approximate surface area is 195 Å². The second-order valence-corrected chi connectivity index (χ2v) is 15.4. The summed E-state index contributed by atoms with van der Waals surface area (Å²) >= 11 is 6.21. The van der Waals surface area contributed by atoms with Crippen LogP contribution in [-0.4, -0.2) is 34.4 Å². The van der Waals surface area contributed by atoms with Crippen LogP contribution in [0, 0.1) is 12.7 Å². The lowest BCUT2D eigenvalue weighted by atomic mass is 10.0. The van der Waals surface area contributed by atoms with E-state index in [1.807, 2.05) is 17.6 Å². The lowest BCUT2D eigenvalue weighted by Crippen LogP contribution is -2.54. The van der Waals surface area contributed by atoms with Gasteiger partial charge in [0.25, 0.3) is 0 Å². The smallest absolute Gasteiger partial charge is 0.132 e. The predicted molar refractivity (Wildman–Crippen MR) is 131 cm³/mol.